The molecule has 7 nitrogen and oxygen atoms in total. The number of nitro groups is 1. The first-order valence-corrected chi connectivity index (χ1v) is 4.40. The van der Waals surface area contributed by atoms with Crippen molar-refractivity contribution in [2.24, 2.45) is 5.73 Å². The lowest BCUT2D eigenvalue weighted by Gasteiger charge is -2.11. The number of imide groups is 1. The van der Waals surface area contributed by atoms with Gasteiger partial charge in [-0.3, -0.25) is 14.9 Å². The summed E-state index contributed by atoms with van der Waals surface area (Å²) in [7, 11) is 0. The molecule has 1 heterocycles. The maximum atomic E-state index is 11.4. The molecule has 0 bridgehead atoms. The van der Waals surface area contributed by atoms with Crippen molar-refractivity contribution >= 4 is 23.3 Å². The van der Waals surface area contributed by atoms with Crippen LogP contribution in [-0.4, -0.2) is 16.9 Å². The SMILES string of the molecule is NC(=O)N1C(=O)Cc2cc([N+](=O)[O-])ccc21. The highest BCUT2D eigenvalue weighted by Gasteiger charge is 2.32. The van der Waals surface area contributed by atoms with Gasteiger partial charge in [-0.2, -0.15) is 0 Å². The molecule has 0 unspecified atom stereocenters. The van der Waals surface area contributed by atoms with Crippen molar-refractivity contribution in [1.82, 2.24) is 0 Å². The molecule has 0 radical (unpaired) electrons. The molecule has 1 aliphatic rings. The summed E-state index contributed by atoms with van der Waals surface area (Å²) < 4.78 is 0. The Labute approximate surface area is 89.6 Å². The predicted octanol–water partition coefficient (Wildman–Crippen LogP) is 0.563. The second-order valence-corrected chi connectivity index (χ2v) is 3.31. The van der Waals surface area contributed by atoms with Crippen molar-refractivity contribution in [3.63, 3.8) is 0 Å². The molecule has 1 aromatic rings. The van der Waals surface area contributed by atoms with Crippen molar-refractivity contribution in [3.05, 3.63) is 33.9 Å². The average molecular weight is 221 g/mol. The van der Waals surface area contributed by atoms with Crippen molar-refractivity contribution in [3.8, 4) is 0 Å². The van der Waals surface area contributed by atoms with E-state index in [0.717, 1.165) is 4.90 Å². The van der Waals surface area contributed by atoms with Gasteiger partial charge in [0.2, 0.25) is 5.91 Å². The molecule has 16 heavy (non-hydrogen) atoms. The Hall–Kier alpha value is -2.44. The molecule has 0 aromatic heterocycles. The highest BCUT2D eigenvalue weighted by molar-refractivity contribution is 6.18. The fourth-order valence-corrected chi connectivity index (χ4v) is 1.66. The van der Waals surface area contributed by atoms with Crippen LogP contribution in [0.5, 0.6) is 0 Å². The second-order valence-electron chi connectivity index (χ2n) is 3.31. The van der Waals surface area contributed by atoms with Crippen LogP contribution >= 0.6 is 0 Å². The quantitative estimate of drug-likeness (QED) is 0.552. The molecule has 82 valence electrons. The Kier molecular flexibility index (Phi) is 2.08. The maximum Gasteiger partial charge on any atom is 0.326 e. The van der Waals surface area contributed by atoms with Gasteiger partial charge in [-0.1, -0.05) is 0 Å². The van der Waals surface area contributed by atoms with Crippen molar-refractivity contribution in [2.45, 2.75) is 6.42 Å². The summed E-state index contributed by atoms with van der Waals surface area (Å²) in [6, 6.07) is 2.98. The number of non-ortho nitro benzene ring substituents is 1. The van der Waals surface area contributed by atoms with Crippen LogP contribution in [0.15, 0.2) is 18.2 Å². The predicted molar refractivity (Wildman–Crippen MR) is 53.9 cm³/mol. The fourth-order valence-electron chi connectivity index (χ4n) is 1.66. The lowest BCUT2D eigenvalue weighted by molar-refractivity contribution is -0.384. The Bertz CT molecular complexity index is 511. The number of hydrogen-bond acceptors (Lipinski definition) is 4. The number of benzene rings is 1. The fraction of sp³-hybridized carbons (Fsp3) is 0.111. The molecule has 0 saturated heterocycles. The van der Waals surface area contributed by atoms with Gasteiger partial charge < -0.3 is 5.73 Å². The number of fused-ring (bicyclic) bond motifs is 1. The number of hydrogen-bond donors (Lipinski definition) is 1. The van der Waals surface area contributed by atoms with Gasteiger partial charge in [0.1, 0.15) is 0 Å². The van der Waals surface area contributed by atoms with Gasteiger partial charge in [-0.05, 0) is 11.6 Å². The van der Waals surface area contributed by atoms with Crippen LogP contribution in [0.4, 0.5) is 16.2 Å². The molecule has 0 spiro atoms. The van der Waals surface area contributed by atoms with E-state index in [9.17, 15) is 19.7 Å². The number of amides is 3. The number of carbonyl (C=O) groups is 2. The number of urea groups is 1. The van der Waals surface area contributed by atoms with Gasteiger partial charge >= 0.3 is 6.03 Å². The number of nitro benzene ring substituents is 1. The Morgan fingerprint density at radius 3 is 2.75 bits per heavy atom. The molecule has 0 saturated carbocycles. The molecule has 2 N–H and O–H groups in total. The van der Waals surface area contributed by atoms with Crippen LogP contribution < -0.4 is 10.6 Å². The molecule has 1 aliphatic heterocycles. The monoisotopic (exact) mass is 221 g/mol. The second kappa shape index (κ2) is 3.30. The Balaban J connectivity index is 2.50. The minimum Gasteiger partial charge on any atom is -0.351 e. The van der Waals surface area contributed by atoms with Gasteiger partial charge in [0.25, 0.3) is 5.69 Å². The van der Waals surface area contributed by atoms with Crippen LogP contribution in [-0.2, 0) is 11.2 Å². The molecule has 3 amide bonds. The first-order chi connectivity index (χ1) is 7.50. The third kappa shape index (κ3) is 1.38. The number of carbonyl (C=O) groups excluding carboxylic acids is 2. The number of nitrogens with two attached hydrogens (primary N) is 1. The Morgan fingerprint density at radius 1 is 1.50 bits per heavy atom. The summed E-state index contributed by atoms with van der Waals surface area (Å²) >= 11 is 0. The lowest BCUT2D eigenvalue weighted by atomic mass is 10.1. The molecule has 0 aliphatic carbocycles. The number of anilines is 1. The third-order valence-electron chi connectivity index (χ3n) is 2.33. The first-order valence-electron chi connectivity index (χ1n) is 4.40. The maximum absolute atomic E-state index is 11.4. The summed E-state index contributed by atoms with van der Waals surface area (Å²) in [6.07, 6.45) is -0.0417. The van der Waals surface area contributed by atoms with Crippen molar-refractivity contribution in [1.29, 1.82) is 0 Å². The molecule has 2 rings (SSSR count). The van der Waals surface area contributed by atoms with E-state index in [2.05, 4.69) is 0 Å². The van der Waals surface area contributed by atoms with Crippen molar-refractivity contribution < 1.29 is 14.5 Å². The molecule has 7 heteroatoms. The highest BCUT2D eigenvalue weighted by atomic mass is 16.6. The standard InChI is InChI=1S/C9H7N3O4/c10-9(14)11-7-2-1-6(12(15)16)3-5(7)4-8(11)13/h1-3H,4H2,(H2,10,14). The molecule has 0 atom stereocenters. The zero-order valence-electron chi connectivity index (χ0n) is 8.04. The summed E-state index contributed by atoms with van der Waals surface area (Å²) in [5, 5.41) is 10.5. The van der Waals surface area contributed by atoms with Gasteiger partial charge in [-0.25, -0.2) is 9.69 Å². The topological polar surface area (TPSA) is 107 Å². The molecule has 0 fully saturated rings. The summed E-state index contributed by atoms with van der Waals surface area (Å²) in [5.74, 6) is -0.469. The van der Waals surface area contributed by atoms with Crippen LogP contribution in [0.3, 0.4) is 0 Å². The number of primary amides is 1. The van der Waals surface area contributed by atoms with E-state index in [0.29, 0.717) is 11.3 Å². The smallest absolute Gasteiger partial charge is 0.326 e. The number of rotatable bonds is 1. The zero-order valence-corrected chi connectivity index (χ0v) is 8.04. The summed E-state index contributed by atoms with van der Waals surface area (Å²) in [5.41, 5.74) is 5.68. The molecular weight excluding hydrogens is 214 g/mol. The van der Waals surface area contributed by atoms with E-state index < -0.39 is 16.9 Å². The van der Waals surface area contributed by atoms with Crippen LogP contribution in [0.25, 0.3) is 0 Å². The molecule has 1 aromatic carbocycles. The minimum atomic E-state index is -0.877. The average Bonchev–Trinajstić information content (AvgIpc) is 2.51. The van der Waals surface area contributed by atoms with E-state index in [-0.39, 0.29) is 12.1 Å². The van der Waals surface area contributed by atoms with Crippen LogP contribution in [0.1, 0.15) is 5.56 Å². The lowest BCUT2D eigenvalue weighted by Crippen LogP contribution is -2.38. The van der Waals surface area contributed by atoms with E-state index in [1.807, 2.05) is 0 Å². The van der Waals surface area contributed by atoms with Gasteiger partial charge in [-0.15, -0.1) is 0 Å². The van der Waals surface area contributed by atoms with Crippen LogP contribution in [0, 0.1) is 10.1 Å². The van der Waals surface area contributed by atoms with E-state index >= 15 is 0 Å². The highest BCUT2D eigenvalue weighted by Crippen LogP contribution is 2.31. The Morgan fingerprint density at radius 2 is 2.19 bits per heavy atom. The summed E-state index contributed by atoms with van der Waals surface area (Å²) in [6.45, 7) is 0. The van der Waals surface area contributed by atoms with Gasteiger partial charge in [0.15, 0.2) is 0 Å². The van der Waals surface area contributed by atoms with E-state index in [4.69, 9.17) is 5.73 Å². The van der Waals surface area contributed by atoms with E-state index in [1.165, 1.54) is 18.2 Å². The number of nitrogens with zero attached hydrogens (tertiary/aromatic N) is 2. The third-order valence-corrected chi connectivity index (χ3v) is 2.33. The summed E-state index contributed by atoms with van der Waals surface area (Å²) in [4.78, 5) is 33.2. The largest absolute Gasteiger partial charge is 0.351 e. The molecular formula is C9H7N3O4. The zero-order chi connectivity index (χ0) is 11.9. The minimum absolute atomic E-state index is 0.0417. The first kappa shape index (κ1) is 10.1. The van der Waals surface area contributed by atoms with E-state index in [1.54, 1.807) is 0 Å². The van der Waals surface area contributed by atoms with Gasteiger partial charge in [0.05, 0.1) is 17.0 Å². The van der Waals surface area contributed by atoms with Crippen LogP contribution in [0.2, 0.25) is 0 Å². The van der Waals surface area contributed by atoms with Crippen molar-refractivity contribution in [2.75, 3.05) is 4.90 Å². The van der Waals surface area contributed by atoms with Gasteiger partial charge in [0, 0.05) is 12.1 Å². The normalized spacial score (nSPS) is 13.8.